The Morgan fingerprint density at radius 1 is 1.37 bits per heavy atom. The van der Waals surface area contributed by atoms with Crippen LogP contribution in [0.25, 0.3) is 0 Å². The summed E-state index contributed by atoms with van der Waals surface area (Å²) in [5.74, 6) is 0.384. The van der Waals surface area contributed by atoms with Crippen LogP contribution in [0.5, 0.6) is 0 Å². The second kappa shape index (κ2) is 7.48. The van der Waals surface area contributed by atoms with Crippen molar-refractivity contribution in [2.24, 2.45) is 5.92 Å². The maximum atomic E-state index is 11.5. The molecule has 0 saturated heterocycles. The number of aromatic nitrogens is 1. The lowest BCUT2D eigenvalue weighted by atomic mass is 10.0. The average Bonchev–Trinajstić information content (AvgIpc) is 2.68. The van der Waals surface area contributed by atoms with Crippen LogP contribution in [0, 0.1) is 12.8 Å². The number of hydrogen-bond donors (Lipinski definition) is 1. The van der Waals surface area contributed by atoms with E-state index in [1.54, 1.807) is 0 Å². The summed E-state index contributed by atoms with van der Waals surface area (Å²) in [6.07, 6.45) is 3.57. The van der Waals surface area contributed by atoms with Crippen LogP contribution in [0.1, 0.15) is 55.4 Å². The average molecular weight is 284 g/mol. The van der Waals surface area contributed by atoms with E-state index in [2.05, 4.69) is 31.1 Å². The largest absolute Gasteiger partial charge is 0.464 e. The number of esters is 1. The summed E-state index contributed by atoms with van der Waals surface area (Å²) in [6, 6.07) is 0.370. The van der Waals surface area contributed by atoms with Gasteiger partial charge >= 0.3 is 5.97 Å². The molecule has 1 atom stereocenters. The van der Waals surface area contributed by atoms with Gasteiger partial charge in [-0.1, -0.05) is 26.7 Å². The summed E-state index contributed by atoms with van der Waals surface area (Å²) in [6.45, 7) is 8.52. The monoisotopic (exact) mass is 284 g/mol. The van der Waals surface area contributed by atoms with Gasteiger partial charge in [-0.05, 0) is 26.2 Å². The number of thiazole rings is 1. The predicted octanol–water partition coefficient (Wildman–Crippen LogP) is 3.86. The van der Waals surface area contributed by atoms with Crippen molar-refractivity contribution < 1.29 is 9.53 Å². The number of hydrogen-bond acceptors (Lipinski definition) is 5. The molecule has 1 heterocycles. The van der Waals surface area contributed by atoms with Crippen LogP contribution in [0.4, 0.5) is 5.13 Å². The quantitative estimate of drug-likeness (QED) is 0.772. The van der Waals surface area contributed by atoms with E-state index in [4.69, 9.17) is 4.74 Å². The highest BCUT2D eigenvalue weighted by molar-refractivity contribution is 7.15. The van der Waals surface area contributed by atoms with Gasteiger partial charge in [-0.2, -0.15) is 0 Å². The molecule has 1 aromatic rings. The van der Waals surface area contributed by atoms with Gasteiger partial charge in [-0.3, -0.25) is 0 Å². The van der Waals surface area contributed by atoms with Crippen molar-refractivity contribution in [2.75, 3.05) is 12.4 Å². The highest BCUT2D eigenvalue weighted by atomic mass is 32.1. The third-order valence-electron chi connectivity index (χ3n) is 2.96. The molecule has 0 bridgehead atoms. The van der Waals surface area contributed by atoms with E-state index in [-0.39, 0.29) is 5.97 Å². The Hall–Kier alpha value is -1.10. The maximum Gasteiger partial charge on any atom is 0.357 e. The number of rotatable bonds is 7. The Labute approximate surface area is 119 Å². The molecule has 5 heteroatoms. The Bertz CT molecular complexity index is 416. The molecule has 0 aliphatic rings. The Kier molecular flexibility index (Phi) is 6.28. The van der Waals surface area contributed by atoms with Crippen molar-refractivity contribution in [1.82, 2.24) is 4.98 Å². The zero-order valence-corrected chi connectivity index (χ0v) is 13.3. The third kappa shape index (κ3) is 5.19. The molecule has 1 unspecified atom stereocenters. The molecule has 0 saturated carbocycles. The lowest BCUT2D eigenvalue weighted by Crippen LogP contribution is -2.15. The summed E-state index contributed by atoms with van der Waals surface area (Å²) in [4.78, 5) is 16.7. The zero-order chi connectivity index (χ0) is 14.4. The lowest BCUT2D eigenvalue weighted by molar-refractivity contribution is 0.0594. The van der Waals surface area contributed by atoms with Gasteiger partial charge in [0.1, 0.15) is 0 Å². The first-order valence-corrected chi connectivity index (χ1v) is 7.58. The summed E-state index contributed by atoms with van der Waals surface area (Å²) in [5, 5.41) is 4.16. The van der Waals surface area contributed by atoms with Gasteiger partial charge in [0.2, 0.25) is 0 Å². The molecular weight excluding hydrogens is 260 g/mol. The van der Waals surface area contributed by atoms with Crippen LogP contribution in [0.3, 0.4) is 0 Å². The summed E-state index contributed by atoms with van der Waals surface area (Å²) >= 11 is 1.50. The van der Waals surface area contributed by atoms with Gasteiger partial charge in [0.15, 0.2) is 10.8 Å². The van der Waals surface area contributed by atoms with Gasteiger partial charge in [0.05, 0.1) is 7.11 Å². The van der Waals surface area contributed by atoms with Gasteiger partial charge in [0, 0.05) is 10.9 Å². The van der Waals surface area contributed by atoms with Gasteiger partial charge < -0.3 is 10.1 Å². The molecule has 1 aromatic heterocycles. The van der Waals surface area contributed by atoms with Crippen molar-refractivity contribution in [3.05, 3.63) is 10.6 Å². The fraction of sp³-hybridized carbons (Fsp3) is 0.714. The molecule has 0 radical (unpaired) electrons. The minimum atomic E-state index is -0.366. The Balaban J connectivity index is 2.50. The molecule has 0 aliphatic heterocycles. The number of ether oxygens (including phenoxy) is 1. The molecular formula is C14H24N2O2S. The first-order chi connectivity index (χ1) is 8.93. The van der Waals surface area contributed by atoms with Gasteiger partial charge in [-0.25, -0.2) is 9.78 Å². The van der Waals surface area contributed by atoms with E-state index in [1.807, 2.05) is 6.92 Å². The number of aryl methyl sites for hydroxylation is 1. The summed E-state index contributed by atoms with van der Waals surface area (Å²) in [7, 11) is 1.38. The Morgan fingerprint density at radius 3 is 2.63 bits per heavy atom. The highest BCUT2D eigenvalue weighted by Crippen LogP contribution is 2.24. The van der Waals surface area contributed by atoms with Crippen LogP contribution in [-0.2, 0) is 4.74 Å². The fourth-order valence-electron chi connectivity index (χ4n) is 1.86. The van der Waals surface area contributed by atoms with Crippen molar-refractivity contribution >= 4 is 22.4 Å². The molecule has 0 fully saturated rings. The molecule has 0 amide bonds. The van der Waals surface area contributed by atoms with E-state index < -0.39 is 0 Å². The van der Waals surface area contributed by atoms with E-state index >= 15 is 0 Å². The molecule has 1 rings (SSSR count). The first kappa shape index (κ1) is 16.0. The van der Waals surface area contributed by atoms with Crippen molar-refractivity contribution in [2.45, 2.75) is 53.0 Å². The normalized spacial score (nSPS) is 12.5. The minimum Gasteiger partial charge on any atom is -0.464 e. The summed E-state index contributed by atoms with van der Waals surface area (Å²) < 4.78 is 4.70. The topological polar surface area (TPSA) is 51.2 Å². The van der Waals surface area contributed by atoms with Crippen LogP contribution < -0.4 is 5.32 Å². The van der Waals surface area contributed by atoms with E-state index in [9.17, 15) is 4.79 Å². The molecule has 4 nitrogen and oxygen atoms in total. The molecule has 1 N–H and O–H groups in total. The SMILES string of the molecule is COC(=O)c1nc(NC(C)CCCC(C)C)sc1C. The minimum absolute atomic E-state index is 0.366. The second-order valence-electron chi connectivity index (χ2n) is 5.29. The molecule has 108 valence electrons. The van der Waals surface area contributed by atoms with E-state index in [0.717, 1.165) is 22.3 Å². The predicted molar refractivity (Wildman–Crippen MR) is 80.0 cm³/mol. The van der Waals surface area contributed by atoms with E-state index in [1.165, 1.54) is 31.3 Å². The fourth-order valence-corrected chi connectivity index (χ4v) is 2.77. The molecule has 0 aromatic carbocycles. The number of nitrogens with zero attached hydrogens (tertiary/aromatic N) is 1. The third-order valence-corrected chi connectivity index (χ3v) is 3.87. The number of anilines is 1. The maximum absolute atomic E-state index is 11.5. The smallest absolute Gasteiger partial charge is 0.357 e. The number of carbonyl (C=O) groups is 1. The standard InChI is InChI=1S/C14H24N2O2S/c1-9(2)7-6-8-10(3)15-14-16-12(11(4)19-14)13(17)18-5/h9-10H,6-8H2,1-5H3,(H,15,16). The van der Waals surface area contributed by atoms with E-state index in [0.29, 0.717) is 11.7 Å². The molecule has 0 spiro atoms. The van der Waals surface area contributed by atoms with Crippen molar-refractivity contribution in [3.8, 4) is 0 Å². The zero-order valence-electron chi connectivity index (χ0n) is 12.4. The van der Waals surface area contributed by atoms with Crippen LogP contribution in [-0.4, -0.2) is 24.1 Å². The number of nitrogens with one attached hydrogen (secondary N) is 1. The number of methoxy groups -OCH3 is 1. The molecule has 0 aliphatic carbocycles. The van der Waals surface area contributed by atoms with Crippen LogP contribution in [0.15, 0.2) is 0 Å². The first-order valence-electron chi connectivity index (χ1n) is 6.76. The highest BCUT2D eigenvalue weighted by Gasteiger charge is 2.16. The lowest BCUT2D eigenvalue weighted by Gasteiger charge is -2.13. The molecule has 19 heavy (non-hydrogen) atoms. The number of carbonyl (C=O) groups excluding carboxylic acids is 1. The van der Waals surface area contributed by atoms with Crippen molar-refractivity contribution in [3.63, 3.8) is 0 Å². The van der Waals surface area contributed by atoms with Crippen LogP contribution in [0.2, 0.25) is 0 Å². The van der Waals surface area contributed by atoms with Gasteiger partial charge in [0.25, 0.3) is 0 Å². The summed E-state index contributed by atoms with van der Waals surface area (Å²) in [5.41, 5.74) is 0.421. The van der Waals surface area contributed by atoms with Gasteiger partial charge in [-0.15, -0.1) is 11.3 Å². The van der Waals surface area contributed by atoms with Crippen LogP contribution >= 0.6 is 11.3 Å². The second-order valence-corrected chi connectivity index (χ2v) is 6.49. The Morgan fingerprint density at radius 2 is 2.05 bits per heavy atom. The van der Waals surface area contributed by atoms with Crippen molar-refractivity contribution in [1.29, 1.82) is 0 Å².